The highest BCUT2D eigenvalue weighted by Crippen LogP contribution is 2.28. The maximum atomic E-state index is 13.2. The Labute approximate surface area is 184 Å². The van der Waals surface area contributed by atoms with Crippen LogP contribution >= 0.6 is 0 Å². The fourth-order valence-corrected chi connectivity index (χ4v) is 5.46. The molecule has 5 rings (SSSR count). The second-order valence-corrected chi connectivity index (χ2v) is 9.18. The van der Waals surface area contributed by atoms with Crippen LogP contribution in [0, 0.1) is 6.92 Å². The lowest BCUT2D eigenvalue weighted by atomic mass is 9.94. The largest absolute Gasteiger partial charge is 0.337 e. The molecule has 1 aliphatic carbocycles. The van der Waals surface area contributed by atoms with Crippen LogP contribution in [0.15, 0.2) is 48.5 Å². The number of likely N-dealkylation sites (tertiary alicyclic amines) is 1. The molecule has 2 fully saturated rings. The molecule has 1 saturated carbocycles. The van der Waals surface area contributed by atoms with Crippen molar-refractivity contribution in [3.63, 3.8) is 0 Å². The van der Waals surface area contributed by atoms with Gasteiger partial charge in [-0.3, -0.25) is 14.3 Å². The second-order valence-electron chi connectivity index (χ2n) is 9.18. The number of aromatic nitrogens is 2. The fourth-order valence-electron chi connectivity index (χ4n) is 5.46. The predicted molar refractivity (Wildman–Crippen MR) is 125 cm³/mol. The molecular formula is C26H32N4O. The van der Waals surface area contributed by atoms with Crippen LogP contribution in [0.4, 0.5) is 0 Å². The summed E-state index contributed by atoms with van der Waals surface area (Å²) in [4.78, 5) is 22.4. The highest BCUT2D eigenvalue weighted by atomic mass is 16.2. The number of amides is 1. The summed E-state index contributed by atoms with van der Waals surface area (Å²) in [5.74, 6) is 1.07. The van der Waals surface area contributed by atoms with Gasteiger partial charge < -0.3 is 4.90 Å². The van der Waals surface area contributed by atoms with Crippen molar-refractivity contribution in [2.75, 3.05) is 20.1 Å². The third-order valence-corrected chi connectivity index (χ3v) is 7.25. The third-order valence-electron chi connectivity index (χ3n) is 7.25. The third kappa shape index (κ3) is 3.87. The number of rotatable bonds is 4. The van der Waals surface area contributed by atoms with Crippen molar-refractivity contribution in [3.05, 3.63) is 59.9 Å². The van der Waals surface area contributed by atoms with E-state index in [-0.39, 0.29) is 5.91 Å². The van der Waals surface area contributed by atoms with Gasteiger partial charge in [0.1, 0.15) is 5.82 Å². The van der Waals surface area contributed by atoms with E-state index in [2.05, 4.69) is 20.5 Å². The maximum absolute atomic E-state index is 13.2. The second kappa shape index (κ2) is 8.46. The molecule has 1 aliphatic heterocycles. The Bertz CT molecular complexity index is 1060. The zero-order valence-electron chi connectivity index (χ0n) is 18.6. The number of imidazole rings is 1. The number of carbonyl (C=O) groups excluding carboxylic acids is 1. The van der Waals surface area contributed by atoms with Gasteiger partial charge in [-0.05, 0) is 62.6 Å². The van der Waals surface area contributed by atoms with Gasteiger partial charge >= 0.3 is 0 Å². The van der Waals surface area contributed by atoms with Crippen molar-refractivity contribution in [2.24, 2.45) is 0 Å². The van der Waals surface area contributed by atoms with Gasteiger partial charge in [0.15, 0.2) is 0 Å². The summed E-state index contributed by atoms with van der Waals surface area (Å²) in [5, 5.41) is 0. The van der Waals surface area contributed by atoms with Crippen LogP contribution in [-0.2, 0) is 0 Å². The molecule has 1 saturated heterocycles. The number of para-hydroxylation sites is 2. The summed E-state index contributed by atoms with van der Waals surface area (Å²) in [6.45, 7) is 4.16. The van der Waals surface area contributed by atoms with Crippen LogP contribution in [0.1, 0.15) is 54.7 Å². The Morgan fingerprint density at radius 3 is 2.52 bits per heavy atom. The molecule has 0 spiro atoms. The Morgan fingerprint density at radius 2 is 1.74 bits per heavy atom. The molecule has 3 aromatic rings. The Kier molecular flexibility index (Phi) is 5.53. The van der Waals surface area contributed by atoms with Gasteiger partial charge in [0.2, 0.25) is 0 Å². The van der Waals surface area contributed by atoms with Crippen molar-refractivity contribution >= 4 is 16.9 Å². The summed E-state index contributed by atoms with van der Waals surface area (Å²) < 4.78 is 2.15. The van der Waals surface area contributed by atoms with Crippen LogP contribution in [0.2, 0.25) is 0 Å². The molecular weight excluding hydrogens is 384 g/mol. The zero-order valence-corrected chi connectivity index (χ0v) is 18.6. The van der Waals surface area contributed by atoms with Crippen LogP contribution in [-0.4, -0.2) is 57.5 Å². The summed E-state index contributed by atoms with van der Waals surface area (Å²) in [7, 11) is 1.97. The lowest BCUT2D eigenvalue weighted by Gasteiger charge is -2.32. The van der Waals surface area contributed by atoms with Crippen molar-refractivity contribution in [2.45, 2.75) is 57.5 Å². The molecule has 0 N–H and O–H groups in total. The number of carbonyl (C=O) groups is 1. The highest BCUT2D eigenvalue weighted by Gasteiger charge is 2.32. The van der Waals surface area contributed by atoms with Crippen LogP contribution in [0.5, 0.6) is 0 Å². The van der Waals surface area contributed by atoms with E-state index in [4.69, 9.17) is 0 Å². The van der Waals surface area contributed by atoms with Gasteiger partial charge in [-0.2, -0.15) is 0 Å². The molecule has 162 valence electrons. The van der Waals surface area contributed by atoms with Gasteiger partial charge in [0.25, 0.3) is 5.91 Å². The summed E-state index contributed by atoms with van der Waals surface area (Å²) in [6, 6.07) is 17.2. The van der Waals surface area contributed by atoms with Crippen molar-refractivity contribution in [3.8, 4) is 5.69 Å². The van der Waals surface area contributed by atoms with E-state index in [1.807, 2.05) is 61.3 Å². The average molecular weight is 417 g/mol. The number of likely N-dealkylation sites (N-methyl/N-ethyl adjacent to an activating group) is 1. The summed E-state index contributed by atoms with van der Waals surface area (Å²) in [6.07, 6.45) is 7.84. The first-order valence-corrected chi connectivity index (χ1v) is 11.7. The minimum absolute atomic E-state index is 0.120. The standard InChI is InChI=1S/C26H32N4O/c1-19-27-24-10-6-7-11-25(24)30(19)22-14-12-20(13-15-22)26(31)28(2)23-16-17-29(18-23)21-8-4-3-5-9-21/h6-7,10-15,21,23H,3-5,8-9,16-18H2,1-2H3/t23-/m0/s1. The summed E-state index contributed by atoms with van der Waals surface area (Å²) in [5.41, 5.74) is 3.87. The smallest absolute Gasteiger partial charge is 0.253 e. The number of hydrogen-bond acceptors (Lipinski definition) is 3. The average Bonchev–Trinajstić information content (AvgIpc) is 3.43. The summed E-state index contributed by atoms with van der Waals surface area (Å²) >= 11 is 0. The van der Waals surface area contributed by atoms with Gasteiger partial charge in [-0.15, -0.1) is 0 Å². The molecule has 0 unspecified atom stereocenters. The van der Waals surface area contributed by atoms with E-state index in [1.54, 1.807) is 0 Å². The number of fused-ring (bicyclic) bond motifs is 1. The molecule has 1 amide bonds. The van der Waals surface area contributed by atoms with E-state index in [0.29, 0.717) is 6.04 Å². The minimum atomic E-state index is 0.120. The van der Waals surface area contributed by atoms with Gasteiger partial charge in [0, 0.05) is 43.5 Å². The van der Waals surface area contributed by atoms with Crippen molar-refractivity contribution in [1.82, 2.24) is 19.4 Å². The molecule has 1 atom stereocenters. The molecule has 31 heavy (non-hydrogen) atoms. The Hall–Kier alpha value is -2.66. The van der Waals surface area contributed by atoms with Crippen molar-refractivity contribution in [1.29, 1.82) is 0 Å². The van der Waals surface area contributed by atoms with Gasteiger partial charge in [0.05, 0.1) is 11.0 Å². The van der Waals surface area contributed by atoms with E-state index in [1.165, 1.54) is 32.1 Å². The quantitative estimate of drug-likeness (QED) is 0.613. The number of benzene rings is 2. The maximum Gasteiger partial charge on any atom is 0.253 e. The fraction of sp³-hybridized carbons (Fsp3) is 0.462. The SMILES string of the molecule is Cc1nc2ccccc2n1-c1ccc(C(=O)N(C)[C@H]2CCN(C3CCCCC3)C2)cc1. The lowest BCUT2D eigenvalue weighted by Crippen LogP contribution is -2.41. The van der Waals surface area contributed by atoms with Crippen LogP contribution in [0.25, 0.3) is 16.7 Å². The van der Waals surface area contributed by atoms with Crippen LogP contribution in [0.3, 0.4) is 0 Å². The van der Waals surface area contributed by atoms with Crippen molar-refractivity contribution < 1.29 is 4.79 Å². The molecule has 5 nitrogen and oxygen atoms in total. The molecule has 0 bridgehead atoms. The number of hydrogen-bond donors (Lipinski definition) is 0. The molecule has 2 aliphatic rings. The topological polar surface area (TPSA) is 41.4 Å². The van der Waals surface area contributed by atoms with Crippen LogP contribution < -0.4 is 0 Å². The Balaban J connectivity index is 1.29. The lowest BCUT2D eigenvalue weighted by molar-refractivity contribution is 0.0726. The Morgan fingerprint density at radius 1 is 1.00 bits per heavy atom. The van der Waals surface area contributed by atoms with Gasteiger partial charge in [-0.25, -0.2) is 4.98 Å². The van der Waals surface area contributed by atoms with E-state index < -0.39 is 0 Å². The first-order valence-electron chi connectivity index (χ1n) is 11.7. The normalized spacial score (nSPS) is 20.4. The minimum Gasteiger partial charge on any atom is -0.337 e. The molecule has 5 heteroatoms. The molecule has 2 aromatic carbocycles. The molecule has 0 radical (unpaired) electrons. The number of nitrogens with zero attached hydrogens (tertiary/aromatic N) is 4. The molecule has 2 heterocycles. The monoisotopic (exact) mass is 416 g/mol. The molecule has 1 aromatic heterocycles. The highest BCUT2D eigenvalue weighted by molar-refractivity contribution is 5.94. The first-order chi connectivity index (χ1) is 15.1. The number of aryl methyl sites for hydroxylation is 1. The van der Waals surface area contributed by atoms with E-state index in [0.717, 1.165) is 53.7 Å². The zero-order chi connectivity index (χ0) is 21.4. The predicted octanol–water partition coefficient (Wildman–Crippen LogP) is 4.81. The van der Waals surface area contributed by atoms with E-state index >= 15 is 0 Å². The van der Waals surface area contributed by atoms with E-state index in [9.17, 15) is 4.79 Å². The first kappa shape index (κ1) is 20.3. The van der Waals surface area contributed by atoms with Gasteiger partial charge in [-0.1, -0.05) is 31.4 Å².